The highest BCUT2D eigenvalue weighted by Crippen LogP contribution is 2.27. The molecule has 0 heterocycles. The van der Waals surface area contributed by atoms with Gasteiger partial charge in [0.2, 0.25) is 0 Å². The molecule has 0 fully saturated rings. The fraction of sp³-hybridized carbons (Fsp3) is 0.222. The van der Waals surface area contributed by atoms with Gasteiger partial charge in [-0.15, -0.1) is 0 Å². The number of nitrogens with two attached hydrogens (primary N) is 1. The average molecular weight is 262 g/mol. The molecule has 1 aromatic carbocycles. The van der Waals surface area contributed by atoms with E-state index in [4.69, 9.17) is 10.8 Å². The second-order valence-electron chi connectivity index (χ2n) is 2.89. The first-order valence-corrected chi connectivity index (χ1v) is 4.65. The number of carbonyl (C=O) groups is 1. The Bertz CT molecular complexity index is 358. The van der Waals surface area contributed by atoms with Gasteiger partial charge in [-0.1, -0.05) is 34.1 Å². The van der Waals surface area contributed by atoms with Crippen LogP contribution in [0.4, 0.5) is 4.39 Å². The zero-order valence-corrected chi connectivity index (χ0v) is 8.79. The normalized spacial score (nSPS) is 14.8. The highest BCUT2D eigenvalue weighted by Gasteiger charge is 2.37. The third kappa shape index (κ3) is 1.78. The molecule has 5 heteroatoms. The number of alkyl halides is 1. The number of carboxylic acid groups (broad SMARTS) is 1. The van der Waals surface area contributed by atoms with Crippen LogP contribution in [-0.2, 0) is 10.3 Å². The SMILES string of the molecule is NC(CF)(C(=O)O)c1ccccc1Br. The van der Waals surface area contributed by atoms with Crippen molar-refractivity contribution in [1.82, 2.24) is 0 Å². The Morgan fingerprint density at radius 3 is 2.57 bits per heavy atom. The predicted octanol–water partition coefficient (Wildman–Crippen LogP) is 1.66. The highest BCUT2D eigenvalue weighted by molar-refractivity contribution is 9.10. The van der Waals surface area contributed by atoms with Gasteiger partial charge in [-0.2, -0.15) is 0 Å². The summed E-state index contributed by atoms with van der Waals surface area (Å²) in [4.78, 5) is 10.8. The van der Waals surface area contributed by atoms with E-state index in [1.807, 2.05) is 0 Å². The summed E-state index contributed by atoms with van der Waals surface area (Å²) in [5, 5.41) is 8.82. The van der Waals surface area contributed by atoms with Crippen molar-refractivity contribution in [3.8, 4) is 0 Å². The minimum atomic E-state index is -1.97. The second-order valence-corrected chi connectivity index (χ2v) is 3.74. The molecule has 0 aliphatic rings. The number of halogens is 2. The standard InChI is InChI=1S/C9H9BrFNO2/c10-7-4-2-1-3-6(7)9(12,5-11)8(13)14/h1-4H,5,12H2,(H,13,14). The Morgan fingerprint density at radius 2 is 2.14 bits per heavy atom. The topological polar surface area (TPSA) is 63.3 Å². The molecule has 0 bridgehead atoms. The van der Waals surface area contributed by atoms with Crippen molar-refractivity contribution in [2.75, 3.05) is 6.67 Å². The van der Waals surface area contributed by atoms with Crippen LogP contribution in [0.15, 0.2) is 28.7 Å². The molecule has 3 N–H and O–H groups in total. The molecular formula is C9H9BrFNO2. The van der Waals surface area contributed by atoms with Crippen LogP contribution in [0.25, 0.3) is 0 Å². The molecule has 1 atom stereocenters. The van der Waals surface area contributed by atoms with Gasteiger partial charge in [-0.25, -0.2) is 9.18 Å². The molecular weight excluding hydrogens is 253 g/mol. The van der Waals surface area contributed by atoms with E-state index in [0.717, 1.165) is 0 Å². The minimum absolute atomic E-state index is 0.231. The molecule has 0 radical (unpaired) electrons. The molecule has 3 nitrogen and oxygen atoms in total. The lowest BCUT2D eigenvalue weighted by Gasteiger charge is -2.22. The summed E-state index contributed by atoms with van der Waals surface area (Å²) >= 11 is 3.13. The van der Waals surface area contributed by atoms with Gasteiger partial charge < -0.3 is 10.8 Å². The van der Waals surface area contributed by atoms with Crippen LogP contribution < -0.4 is 5.73 Å². The first-order chi connectivity index (χ1) is 6.52. The van der Waals surface area contributed by atoms with Gasteiger partial charge in [-0.05, 0) is 11.6 Å². The molecule has 0 spiro atoms. The summed E-state index contributed by atoms with van der Waals surface area (Å²) in [5.74, 6) is -1.38. The summed E-state index contributed by atoms with van der Waals surface area (Å²) in [6.07, 6.45) is 0. The van der Waals surface area contributed by atoms with Crippen molar-refractivity contribution in [2.45, 2.75) is 5.54 Å². The van der Waals surface area contributed by atoms with Gasteiger partial charge in [0.25, 0.3) is 0 Å². The summed E-state index contributed by atoms with van der Waals surface area (Å²) in [5.41, 5.74) is 3.72. The number of carboxylic acids is 1. The lowest BCUT2D eigenvalue weighted by Crippen LogP contribution is -2.47. The lowest BCUT2D eigenvalue weighted by atomic mass is 9.93. The van der Waals surface area contributed by atoms with Crippen LogP contribution in [0.1, 0.15) is 5.56 Å². The molecule has 14 heavy (non-hydrogen) atoms. The van der Waals surface area contributed by atoms with E-state index in [2.05, 4.69) is 15.9 Å². The van der Waals surface area contributed by atoms with Crippen molar-refractivity contribution in [3.63, 3.8) is 0 Å². The first-order valence-electron chi connectivity index (χ1n) is 3.85. The van der Waals surface area contributed by atoms with Crippen LogP contribution in [0.5, 0.6) is 0 Å². The Balaban J connectivity index is 3.26. The van der Waals surface area contributed by atoms with E-state index in [-0.39, 0.29) is 5.56 Å². The third-order valence-electron chi connectivity index (χ3n) is 1.95. The van der Waals surface area contributed by atoms with Crippen molar-refractivity contribution in [3.05, 3.63) is 34.3 Å². The maximum absolute atomic E-state index is 12.6. The monoisotopic (exact) mass is 261 g/mol. The summed E-state index contributed by atoms with van der Waals surface area (Å²) < 4.78 is 13.1. The van der Waals surface area contributed by atoms with Crippen LogP contribution in [0.3, 0.4) is 0 Å². The van der Waals surface area contributed by atoms with E-state index in [1.54, 1.807) is 18.2 Å². The smallest absolute Gasteiger partial charge is 0.331 e. The summed E-state index contributed by atoms with van der Waals surface area (Å²) in [6, 6.07) is 6.42. The van der Waals surface area contributed by atoms with Gasteiger partial charge in [0.15, 0.2) is 5.54 Å². The van der Waals surface area contributed by atoms with Gasteiger partial charge in [0, 0.05) is 4.47 Å². The molecule has 0 aliphatic carbocycles. The molecule has 1 rings (SSSR count). The van der Waals surface area contributed by atoms with Crippen LogP contribution in [-0.4, -0.2) is 17.8 Å². The van der Waals surface area contributed by atoms with Crippen LogP contribution in [0, 0.1) is 0 Å². The quantitative estimate of drug-likeness (QED) is 0.870. The molecule has 0 saturated heterocycles. The van der Waals surface area contributed by atoms with Gasteiger partial charge in [0.1, 0.15) is 6.67 Å². The number of benzene rings is 1. The summed E-state index contributed by atoms with van der Waals surface area (Å²) in [7, 11) is 0. The van der Waals surface area contributed by atoms with Crippen molar-refractivity contribution in [2.24, 2.45) is 5.73 Å². The van der Waals surface area contributed by atoms with Gasteiger partial charge in [-0.3, -0.25) is 0 Å². The zero-order chi connectivity index (χ0) is 10.8. The van der Waals surface area contributed by atoms with Crippen molar-refractivity contribution < 1.29 is 14.3 Å². The molecule has 0 aliphatic heterocycles. The van der Waals surface area contributed by atoms with Crippen molar-refractivity contribution >= 4 is 21.9 Å². The van der Waals surface area contributed by atoms with E-state index in [0.29, 0.717) is 4.47 Å². The zero-order valence-electron chi connectivity index (χ0n) is 7.21. The third-order valence-corrected chi connectivity index (χ3v) is 2.64. The number of aliphatic carboxylic acids is 1. The second kappa shape index (κ2) is 4.06. The number of rotatable bonds is 3. The van der Waals surface area contributed by atoms with E-state index in [9.17, 15) is 9.18 Å². The van der Waals surface area contributed by atoms with Gasteiger partial charge in [0.05, 0.1) is 0 Å². The lowest BCUT2D eigenvalue weighted by molar-refractivity contribution is -0.144. The fourth-order valence-electron chi connectivity index (χ4n) is 1.07. The molecule has 0 saturated carbocycles. The van der Waals surface area contributed by atoms with Crippen molar-refractivity contribution in [1.29, 1.82) is 0 Å². The minimum Gasteiger partial charge on any atom is -0.480 e. The maximum atomic E-state index is 12.6. The Hall–Kier alpha value is -0.940. The fourth-order valence-corrected chi connectivity index (χ4v) is 1.71. The highest BCUT2D eigenvalue weighted by atomic mass is 79.9. The molecule has 76 valence electrons. The number of hydrogen-bond donors (Lipinski definition) is 2. The average Bonchev–Trinajstić information content (AvgIpc) is 2.17. The Labute approximate surface area is 88.9 Å². The molecule has 0 aromatic heterocycles. The summed E-state index contributed by atoms with van der Waals surface area (Å²) in [6.45, 7) is -1.15. The Kier molecular flexibility index (Phi) is 3.23. The van der Waals surface area contributed by atoms with E-state index in [1.165, 1.54) is 6.07 Å². The predicted molar refractivity (Wildman–Crippen MR) is 53.6 cm³/mol. The van der Waals surface area contributed by atoms with Crippen LogP contribution in [0.2, 0.25) is 0 Å². The van der Waals surface area contributed by atoms with E-state index >= 15 is 0 Å². The molecule has 1 aromatic rings. The maximum Gasteiger partial charge on any atom is 0.331 e. The Morgan fingerprint density at radius 1 is 1.57 bits per heavy atom. The van der Waals surface area contributed by atoms with Crippen LogP contribution >= 0.6 is 15.9 Å². The largest absolute Gasteiger partial charge is 0.480 e. The van der Waals surface area contributed by atoms with Gasteiger partial charge >= 0.3 is 5.97 Å². The first kappa shape index (κ1) is 11.1. The number of hydrogen-bond acceptors (Lipinski definition) is 2. The molecule has 1 unspecified atom stereocenters. The molecule has 0 amide bonds. The van der Waals surface area contributed by atoms with E-state index < -0.39 is 18.2 Å².